The molecule has 6 nitrogen and oxygen atoms in total. The number of aromatic nitrogens is 2. The summed E-state index contributed by atoms with van der Waals surface area (Å²) in [4.78, 5) is 24.1. The van der Waals surface area contributed by atoms with Crippen LogP contribution in [0.3, 0.4) is 0 Å². The molecule has 1 aliphatic heterocycles. The van der Waals surface area contributed by atoms with E-state index >= 15 is 0 Å². The summed E-state index contributed by atoms with van der Waals surface area (Å²) in [5.74, 6) is -2.81. The Morgan fingerprint density at radius 1 is 1.10 bits per heavy atom. The number of carbonyl (C=O) groups excluding carboxylic acids is 1. The third-order valence-corrected chi connectivity index (χ3v) is 7.04. The predicted octanol–water partition coefficient (Wildman–Crippen LogP) is 6.77. The van der Waals surface area contributed by atoms with Crippen molar-refractivity contribution in [3.63, 3.8) is 0 Å². The fraction of sp³-hybridized carbons (Fsp3) is 0.355. The van der Waals surface area contributed by atoms with E-state index in [0.717, 1.165) is 46.2 Å². The Kier molecular flexibility index (Phi) is 8.82. The van der Waals surface area contributed by atoms with E-state index in [1.165, 1.54) is 6.20 Å². The Morgan fingerprint density at radius 2 is 1.87 bits per heavy atom. The van der Waals surface area contributed by atoms with E-state index in [9.17, 15) is 13.6 Å². The lowest BCUT2D eigenvalue weighted by Gasteiger charge is -2.31. The van der Waals surface area contributed by atoms with Crippen LogP contribution in [0.1, 0.15) is 61.9 Å². The molecule has 1 aliphatic rings. The molecule has 3 aromatic rings. The second-order valence-corrected chi connectivity index (χ2v) is 10.1. The number of halogens is 2. The lowest BCUT2D eigenvalue weighted by Crippen LogP contribution is -2.38. The van der Waals surface area contributed by atoms with Crippen molar-refractivity contribution in [2.45, 2.75) is 58.9 Å². The topological polar surface area (TPSA) is 81.9 Å². The number of anilines is 1. The molecule has 0 radical (unpaired) electrons. The molecule has 0 atom stereocenters. The molecular weight excluding hydrogens is 496 g/mol. The smallest absolute Gasteiger partial charge is 0.256 e. The molecule has 0 unspecified atom stereocenters. The molecular formula is C31H33F2N5O. The van der Waals surface area contributed by atoms with Gasteiger partial charge in [0.05, 0.1) is 11.9 Å². The highest BCUT2D eigenvalue weighted by molar-refractivity contribution is 6.26. The summed E-state index contributed by atoms with van der Waals surface area (Å²) >= 11 is 0. The van der Waals surface area contributed by atoms with Crippen molar-refractivity contribution in [1.82, 2.24) is 14.9 Å². The monoisotopic (exact) mass is 529 g/mol. The lowest BCUT2D eigenvalue weighted by atomic mass is 9.91. The highest BCUT2D eigenvalue weighted by Gasteiger charge is 2.33. The molecule has 39 heavy (non-hydrogen) atoms. The summed E-state index contributed by atoms with van der Waals surface area (Å²) in [6, 6.07) is 13.3. The summed E-state index contributed by atoms with van der Waals surface area (Å²) in [5.41, 5.74) is 6.97. The first-order valence-electron chi connectivity index (χ1n) is 13.2. The summed E-state index contributed by atoms with van der Waals surface area (Å²) in [6.07, 6.45) is 6.47. The second-order valence-electron chi connectivity index (χ2n) is 10.1. The Labute approximate surface area is 228 Å². The first-order valence-corrected chi connectivity index (χ1v) is 13.2. The van der Waals surface area contributed by atoms with Crippen LogP contribution < -0.4 is 5.32 Å². The number of nitriles is 1. The molecule has 1 N–H and O–H groups in total. The molecule has 2 aromatic heterocycles. The highest BCUT2D eigenvalue weighted by Crippen LogP contribution is 2.32. The van der Waals surface area contributed by atoms with Crippen molar-refractivity contribution < 1.29 is 13.6 Å². The van der Waals surface area contributed by atoms with E-state index in [2.05, 4.69) is 22.2 Å². The minimum atomic E-state index is -2.57. The SMILES string of the molecule is CCCC(C)=C(C(=O)Nc1ccc(C#N)nc1)c1cc(-c2cncc(CN3CCC(F)(F)CC3)c2)ccc1C. The minimum absolute atomic E-state index is 0.117. The third kappa shape index (κ3) is 7.12. The molecule has 0 spiro atoms. The number of pyridine rings is 2. The van der Waals surface area contributed by atoms with Crippen molar-refractivity contribution in [1.29, 1.82) is 5.26 Å². The van der Waals surface area contributed by atoms with Gasteiger partial charge in [-0.2, -0.15) is 5.26 Å². The van der Waals surface area contributed by atoms with E-state index < -0.39 is 5.92 Å². The van der Waals surface area contributed by atoms with Gasteiger partial charge in [-0.25, -0.2) is 13.8 Å². The van der Waals surface area contributed by atoms with E-state index in [1.807, 2.05) is 49.1 Å². The summed E-state index contributed by atoms with van der Waals surface area (Å²) in [7, 11) is 0. The number of aryl methyl sites for hydroxylation is 1. The van der Waals surface area contributed by atoms with Crippen molar-refractivity contribution in [3.05, 3.63) is 82.9 Å². The first-order chi connectivity index (χ1) is 18.7. The predicted molar refractivity (Wildman–Crippen MR) is 149 cm³/mol. The maximum atomic E-state index is 13.6. The van der Waals surface area contributed by atoms with Gasteiger partial charge in [0.2, 0.25) is 0 Å². The molecule has 202 valence electrons. The molecule has 0 saturated carbocycles. The van der Waals surface area contributed by atoms with Gasteiger partial charge in [0.15, 0.2) is 0 Å². The van der Waals surface area contributed by atoms with Gasteiger partial charge >= 0.3 is 0 Å². The number of rotatable bonds is 8. The maximum Gasteiger partial charge on any atom is 0.256 e. The van der Waals surface area contributed by atoms with Gasteiger partial charge in [-0.15, -0.1) is 0 Å². The van der Waals surface area contributed by atoms with Gasteiger partial charge in [-0.1, -0.05) is 31.1 Å². The molecule has 1 amide bonds. The molecule has 4 rings (SSSR count). The van der Waals surface area contributed by atoms with Gasteiger partial charge in [-0.3, -0.25) is 14.7 Å². The zero-order chi connectivity index (χ0) is 28.0. The van der Waals surface area contributed by atoms with Crippen molar-refractivity contribution in [2.75, 3.05) is 18.4 Å². The van der Waals surface area contributed by atoms with Crippen LogP contribution in [0.15, 0.2) is 60.6 Å². The van der Waals surface area contributed by atoms with Crippen molar-refractivity contribution in [3.8, 4) is 17.2 Å². The van der Waals surface area contributed by atoms with Crippen LogP contribution in [-0.4, -0.2) is 39.8 Å². The quantitative estimate of drug-likeness (QED) is 0.326. The number of carbonyl (C=O) groups is 1. The van der Waals surface area contributed by atoms with Crippen LogP contribution in [0.5, 0.6) is 0 Å². The van der Waals surface area contributed by atoms with Gasteiger partial charge in [0, 0.05) is 56.0 Å². The van der Waals surface area contributed by atoms with Gasteiger partial charge in [0.1, 0.15) is 11.8 Å². The number of hydrogen-bond acceptors (Lipinski definition) is 5. The van der Waals surface area contributed by atoms with Gasteiger partial charge < -0.3 is 5.32 Å². The van der Waals surface area contributed by atoms with Crippen LogP contribution in [0.4, 0.5) is 14.5 Å². The number of alkyl halides is 2. The minimum Gasteiger partial charge on any atom is -0.321 e. The summed E-state index contributed by atoms with van der Waals surface area (Å²) < 4.78 is 27.1. The molecule has 3 heterocycles. The second kappa shape index (κ2) is 12.3. The number of piperidine rings is 1. The molecule has 0 aliphatic carbocycles. The number of likely N-dealkylation sites (tertiary alicyclic amines) is 1. The fourth-order valence-electron chi connectivity index (χ4n) is 4.87. The van der Waals surface area contributed by atoms with Gasteiger partial charge in [-0.05, 0) is 66.8 Å². The largest absolute Gasteiger partial charge is 0.321 e. The summed E-state index contributed by atoms with van der Waals surface area (Å²) in [6.45, 7) is 7.33. The fourth-order valence-corrected chi connectivity index (χ4v) is 4.87. The number of nitrogens with one attached hydrogen (secondary N) is 1. The molecule has 1 aromatic carbocycles. The Balaban J connectivity index is 1.62. The Morgan fingerprint density at radius 3 is 2.54 bits per heavy atom. The zero-order valence-corrected chi connectivity index (χ0v) is 22.6. The lowest BCUT2D eigenvalue weighted by molar-refractivity contribution is -0.111. The molecule has 1 fully saturated rings. The Bertz CT molecular complexity index is 1400. The summed E-state index contributed by atoms with van der Waals surface area (Å²) in [5, 5.41) is 11.9. The first kappa shape index (κ1) is 28.1. The van der Waals surface area contributed by atoms with Crippen molar-refractivity contribution >= 4 is 17.2 Å². The van der Waals surface area contributed by atoms with Crippen LogP contribution >= 0.6 is 0 Å². The molecule has 0 bridgehead atoms. The average molecular weight is 530 g/mol. The molecule has 1 saturated heterocycles. The molecule has 8 heteroatoms. The van der Waals surface area contributed by atoms with Crippen LogP contribution in [0.25, 0.3) is 16.7 Å². The van der Waals surface area contributed by atoms with Crippen molar-refractivity contribution in [2.24, 2.45) is 0 Å². The standard InChI is InChI=1S/C31H33F2N5O/c1-4-5-22(3)29(30(39)37-27-9-8-26(16-34)36-19-27)28-15-24(7-6-21(28)2)25-14-23(17-35-18-25)20-38-12-10-31(32,33)11-13-38/h6-9,14-15,17-19H,4-5,10-13,20H2,1-3H3,(H,37,39). The Hall–Kier alpha value is -3.96. The normalized spacial score (nSPS) is 15.8. The number of nitrogens with zero attached hydrogens (tertiary/aromatic N) is 4. The van der Waals surface area contributed by atoms with E-state index in [4.69, 9.17) is 5.26 Å². The highest BCUT2D eigenvalue weighted by atomic mass is 19.3. The van der Waals surface area contributed by atoms with Crippen LogP contribution in [-0.2, 0) is 11.3 Å². The van der Waals surface area contributed by atoms with E-state index in [-0.39, 0.29) is 24.4 Å². The number of hydrogen-bond donors (Lipinski definition) is 1. The number of allylic oxidation sites excluding steroid dienone is 1. The number of benzene rings is 1. The van der Waals surface area contributed by atoms with E-state index in [1.54, 1.807) is 24.5 Å². The van der Waals surface area contributed by atoms with Crippen LogP contribution in [0.2, 0.25) is 0 Å². The zero-order valence-electron chi connectivity index (χ0n) is 22.6. The maximum absolute atomic E-state index is 13.6. The van der Waals surface area contributed by atoms with E-state index in [0.29, 0.717) is 30.9 Å². The average Bonchev–Trinajstić information content (AvgIpc) is 2.92. The third-order valence-electron chi connectivity index (χ3n) is 7.04. The van der Waals surface area contributed by atoms with Crippen LogP contribution in [0, 0.1) is 18.3 Å². The van der Waals surface area contributed by atoms with Gasteiger partial charge in [0.25, 0.3) is 11.8 Å². The number of amides is 1.